The van der Waals surface area contributed by atoms with Gasteiger partial charge in [-0.3, -0.25) is 4.79 Å². The minimum Gasteiger partial charge on any atom is -0.399 e. The van der Waals surface area contributed by atoms with Crippen LogP contribution in [0.4, 0.5) is 15.8 Å². The topological polar surface area (TPSA) is 78.9 Å². The van der Waals surface area contributed by atoms with Crippen molar-refractivity contribution in [3.63, 3.8) is 0 Å². The highest BCUT2D eigenvalue weighted by Gasteiger charge is 2.15. The maximum absolute atomic E-state index is 13.3. The average Bonchev–Trinajstić information content (AvgIpc) is 2.43. The number of amides is 1. The normalized spacial score (nSPS) is 9.85. The number of carbonyl (C=O) groups is 1. The van der Waals surface area contributed by atoms with Crippen LogP contribution in [0.1, 0.15) is 15.9 Å². The Morgan fingerprint density at radius 3 is 2.80 bits per heavy atom. The van der Waals surface area contributed by atoms with Crippen molar-refractivity contribution in [3.05, 3.63) is 58.4 Å². The van der Waals surface area contributed by atoms with Gasteiger partial charge in [-0.25, -0.2) is 4.39 Å². The van der Waals surface area contributed by atoms with Crippen molar-refractivity contribution in [1.29, 1.82) is 5.26 Å². The van der Waals surface area contributed by atoms with Gasteiger partial charge in [0.15, 0.2) is 0 Å². The minimum atomic E-state index is -0.683. The van der Waals surface area contributed by atoms with Crippen LogP contribution in [0, 0.1) is 17.1 Å². The quantitative estimate of drug-likeness (QED) is 0.833. The summed E-state index contributed by atoms with van der Waals surface area (Å²) in [5.74, 6) is -1.28. The number of halogens is 2. The summed E-state index contributed by atoms with van der Waals surface area (Å²) in [7, 11) is 0. The average molecular weight is 290 g/mol. The van der Waals surface area contributed by atoms with Gasteiger partial charge in [0.2, 0.25) is 0 Å². The molecule has 4 nitrogen and oxygen atoms in total. The maximum Gasteiger partial charge on any atom is 0.257 e. The van der Waals surface area contributed by atoms with Crippen molar-refractivity contribution >= 4 is 28.9 Å². The Balaban J connectivity index is 2.33. The second-order valence-corrected chi connectivity index (χ2v) is 4.35. The van der Waals surface area contributed by atoms with Gasteiger partial charge >= 0.3 is 0 Å². The Kier molecular flexibility index (Phi) is 3.87. The number of hydrogen-bond acceptors (Lipinski definition) is 3. The molecule has 6 heteroatoms. The molecule has 0 aliphatic rings. The molecule has 0 aliphatic carbocycles. The SMILES string of the molecule is N#Cc1cc(N)ccc1NC(=O)c1cccc(F)c1Cl. The zero-order chi connectivity index (χ0) is 14.7. The van der Waals surface area contributed by atoms with Crippen LogP contribution in [-0.2, 0) is 0 Å². The molecule has 2 aromatic rings. The third-order valence-corrected chi connectivity index (χ3v) is 2.99. The van der Waals surface area contributed by atoms with E-state index in [1.807, 2.05) is 6.07 Å². The fraction of sp³-hybridized carbons (Fsp3) is 0. The van der Waals surface area contributed by atoms with Crippen LogP contribution in [0.3, 0.4) is 0 Å². The molecule has 0 atom stereocenters. The minimum absolute atomic E-state index is 0.00705. The molecule has 0 heterocycles. The van der Waals surface area contributed by atoms with Crippen LogP contribution in [0.15, 0.2) is 36.4 Å². The summed E-state index contributed by atoms with van der Waals surface area (Å²) in [6, 6.07) is 10.3. The van der Waals surface area contributed by atoms with Crippen LogP contribution in [0.5, 0.6) is 0 Å². The first-order chi connectivity index (χ1) is 9.52. The molecule has 0 saturated carbocycles. The molecule has 20 heavy (non-hydrogen) atoms. The first kappa shape index (κ1) is 13.8. The molecule has 0 aliphatic heterocycles. The van der Waals surface area contributed by atoms with Gasteiger partial charge in [-0.2, -0.15) is 5.26 Å². The van der Waals surface area contributed by atoms with E-state index in [1.165, 1.54) is 24.3 Å². The van der Waals surface area contributed by atoms with Gasteiger partial charge in [0, 0.05) is 5.69 Å². The molecule has 0 radical (unpaired) electrons. The Morgan fingerprint density at radius 1 is 1.35 bits per heavy atom. The monoisotopic (exact) mass is 289 g/mol. The molecule has 0 fully saturated rings. The summed E-state index contributed by atoms with van der Waals surface area (Å²) in [5.41, 5.74) is 6.45. The van der Waals surface area contributed by atoms with Crippen molar-refractivity contribution in [2.75, 3.05) is 11.1 Å². The van der Waals surface area contributed by atoms with E-state index < -0.39 is 11.7 Å². The van der Waals surface area contributed by atoms with Crippen LogP contribution >= 0.6 is 11.6 Å². The smallest absolute Gasteiger partial charge is 0.257 e. The van der Waals surface area contributed by atoms with Crippen LogP contribution in [-0.4, -0.2) is 5.91 Å². The summed E-state index contributed by atoms with van der Waals surface area (Å²) in [4.78, 5) is 12.0. The molecule has 100 valence electrons. The van der Waals surface area contributed by atoms with E-state index in [-0.39, 0.29) is 21.8 Å². The molecule has 0 unspecified atom stereocenters. The highest BCUT2D eigenvalue weighted by Crippen LogP contribution is 2.23. The molecular formula is C14H9ClFN3O. The predicted molar refractivity (Wildman–Crippen MR) is 74.9 cm³/mol. The number of nitrogens with one attached hydrogen (secondary N) is 1. The van der Waals surface area contributed by atoms with Gasteiger partial charge in [0.05, 0.1) is 21.8 Å². The van der Waals surface area contributed by atoms with Crippen molar-refractivity contribution < 1.29 is 9.18 Å². The van der Waals surface area contributed by atoms with Crippen LogP contribution < -0.4 is 11.1 Å². The third-order valence-electron chi connectivity index (χ3n) is 2.61. The summed E-state index contributed by atoms with van der Waals surface area (Å²) < 4.78 is 13.3. The Hall–Kier alpha value is -2.58. The standard InChI is InChI=1S/C14H9ClFN3O/c15-13-10(2-1-3-11(13)16)14(20)19-12-5-4-9(18)6-8(12)7-17/h1-6H,18H2,(H,19,20). The van der Waals surface area contributed by atoms with Gasteiger partial charge in [-0.15, -0.1) is 0 Å². The predicted octanol–water partition coefficient (Wildman–Crippen LogP) is 3.19. The molecule has 0 spiro atoms. The highest BCUT2D eigenvalue weighted by atomic mass is 35.5. The van der Waals surface area contributed by atoms with E-state index >= 15 is 0 Å². The van der Waals surface area contributed by atoms with Crippen LogP contribution in [0.25, 0.3) is 0 Å². The van der Waals surface area contributed by atoms with E-state index in [9.17, 15) is 9.18 Å². The lowest BCUT2D eigenvalue weighted by atomic mass is 10.1. The number of nitrogens with zero attached hydrogens (tertiary/aromatic N) is 1. The number of nitrogens with two attached hydrogens (primary N) is 1. The summed E-state index contributed by atoms with van der Waals surface area (Å²) in [5, 5.41) is 11.2. The van der Waals surface area contributed by atoms with Gasteiger partial charge in [0.25, 0.3) is 5.91 Å². The Bertz CT molecular complexity index is 725. The van der Waals surface area contributed by atoms with Gasteiger partial charge < -0.3 is 11.1 Å². The highest BCUT2D eigenvalue weighted by molar-refractivity contribution is 6.34. The largest absolute Gasteiger partial charge is 0.399 e. The fourth-order valence-corrected chi connectivity index (χ4v) is 1.84. The molecule has 0 aromatic heterocycles. The van der Waals surface area contributed by atoms with Gasteiger partial charge in [-0.05, 0) is 30.3 Å². The van der Waals surface area contributed by atoms with Crippen molar-refractivity contribution in [3.8, 4) is 6.07 Å². The van der Waals surface area contributed by atoms with E-state index in [4.69, 9.17) is 22.6 Å². The number of carbonyl (C=O) groups excluding carboxylic acids is 1. The lowest BCUT2D eigenvalue weighted by molar-refractivity contribution is 0.102. The van der Waals surface area contributed by atoms with Gasteiger partial charge in [-0.1, -0.05) is 17.7 Å². The van der Waals surface area contributed by atoms with E-state index in [2.05, 4.69) is 5.32 Å². The molecule has 3 N–H and O–H groups in total. The number of anilines is 2. The summed E-state index contributed by atoms with van der Waals surface area (Å²) in [6.45, 7) is 0. The maximum atomic E-state index is 13.3. The number of nitrogen functional groups attached to an aromatic ring is 1. The third kappa shape index (κ3) is 2.71. The van der Waals surface area contributed by atoms with Crippen molar-refractivity contribution in [2.45, 2.75) is 0 Å². The lowest BCUT2D eigenvalue weighted by Crippen LogP contribution is -2.14. The Morgan fingerprint density at radius 2 is 2.10 bits per heavy atom. The first-order valence-electron chi connectivity index (χ1n) is 5.58. The van der Waals surface area contributed by atoms with Crippen molar-refractivity contribution in [2.24, 2.45) is 0 Å². The lowest BCUT2D eigenvalue weighted by Gasteiger charge is -2.09. The second kappa shape index (κ2) is 5.59. The Labute approximate surface area is 119 Å². The summed E-state index contributed by atoms with van der Waals surface area (Å²) in [6.07, 6.45) is 0. The van der Waals surface area contributed by atoms with E-state index in [0.29, 0.717) is 5.69 Å². The number of rotatable bonds is 2. The zero-order valence-electron chi connectivity index (χ0n) is 10.2. The number of hydrogen-bond donors (Lipinski definition) is 2. The molecule has 2 aromatic carbocycles. The van der Waals surface area contributed by atoms with Gasteiger partial charge in [0.1, 0.15) is 11.9 Å². The molecule has 0 saturated heterocycles. The number of benzene rings is 2. The van der Waals surface area contributed by atoms with E-state index in [1.54, 1.807) is 6.07 Å². The first-order valence-corrected chi connectivity index (χ1v) is 5.95. The second-order valence-electron chi connectivity index (χ2n) is 3.97. The summed E-state index contributed by atoms with van der Waals surface area (Å²) >= 11 is 5.73. The number of nitriles is 1. The zero-order valence-corrected chi connectivity index (χ0v) is 10.9. The van der Waals surface area contributed by atoms with E-state index in [0.717, 1.165) is 6.07 Å². The molecular weight excluding hydrogens is 281 g/mol. The van der Waals surface area contributed by atoms with Crippen LogP contribution in [0.2, 0.25) is 5.02 Å². The molecule has 1 amide bonds. The molecule has 0 bridgehead atoms. The van der Waals surface area contributed by atoms with Crippen molar-refractivity contribution in [1.82, 2.24) is 0 Å². The molecule has 2 rings (SSSR count). The fourth-order valence-electron chi connectivity index (χ4n) is 1.63.